The smallest absolute Gasteiger partial charge is 0.341 e. The molecule has 14 heavy (non-hydrogen) atoms. The molecule has 3 nitrogen and oxygen atoms in total. The number of nitrogens with two attached hydrogens (primary N) is 1. The van der Waals surface area contributed by atoms with Crippen LogP contribution in [0.3, 0.4) is 0 Å². The van der Waals surface area contributed by atoms with Gasteiger partial charge in [-0.1, -0.05) is 0 Å². The fourth-order valence-electron chi connectivity index (χ4n) is 1.52. The van der Waals surface area contributed by atoms with E-state index in [0.717, 1.165) is 6.42 Å². The number of alkyl halides is 3. The molecule has 1 heterocycles. The molecule has 0 bridgehead atoms. The highest BCUT2D eigenvalue weighted by molar-refractivity contribution is 5.77. The highest BCUT2D eigenvalue weighted by Crippen LogP contribution is 2.21. The molecule has 0 aromatic heterocycles. The maximum atomic E-state index is 11.9. The van der Waals surface area contributed by atoms with Crippen molar-refractivity contribution in [2.24, 2.45) is 5.73 Å². The van der Waals surface area contributed by atoms with Crippen LogP contribution in [0.5, 0.6) is 0 Å². The summed E-state index contributed by atoms with van der Waals surface area (Å²) in [5.74, 6) is -0.868. The van der Waals surface area contributed by atoms with Gasteiger partial charge < -0.3 is 10.6 Å². The summed E-state index contributed by atoms with van der Waals surface area (Å²) in [5, 5.41) is 0. The lowest BCUT2D eigenvalue weighted by Crippen LogP contribution is -2.46. The molecular formula is C8H13F3N2O. The number of nitrogens with zero attached hydrogens (tertiary/aromatic N) is 1. The Kier molecular flexibility index (Phi) is 3.36. The van der Waals surface area contributed by atoms with Crippen LogP contribution < -0.4 is 5.73 Å². The number of hydrogen-bond acceptors (Lipinski definition) is 2. The van der Waals surface area contributed by atoms with Gasteiger partial charge in [-0.3, -0.25) is 4.79 Å². The van der Waals surface area contributed by atoms with Crippen LogP contribution in [-0.4, -0.2) is 36.1 Å². The Hall–Kier alpha value is -0.780. The first-order chi connectivity index (χ1) is 6.38. The number of likely N-dealkylation sites (tertiary alicyclic amines) is 1. The Balaban J connectivity index is 2.44. The molecule has 1 saturated heterocycles. The van der Waals surface area contributed by atoms with Crippen LogP contribution in [0.25, 0.3) is 0 Å². The van der Waals surface area contributed by atoms with Gasteiger partial charge in [0.1, 0.15) is 6.42 Å². The number of piperidine rings is 1. The van der Waals surface area contributed by atoms with Crippen molar-refractivity contribution in [1.82, 2.24) is 4.90 Å². The molecule has 0 saturated carbocycles. The topological polar surface area (TPSA) is 46.3 Å². The summed E-state index contributed by atoms with van der Waals surface area (Å²) in [6.07, 6.45) is -4.33. The minimum absolute atomic E-state index is 0.180. The number of carbonyl (C=O) groups excluding carboxylic acids is 1. The Morgan fingerprint density at radius 1 is 1.50 bits per heavy atom. The van der Waals surface area contributed by atoms with Gasteiger partial charge in [0.25, 0.3) is 0 Å². The highest BCUT2D eigenvalue weighted by atomic mass is 19.4. The van der Waals surface area contributed by atoms with Crippen molar-refractivity contribution in [3.05, 3.63) is 0 Å². The second kappa shape index (κ2) is 4.16. The van der Waals surface area contributed by atoms with Crippen molar-refractivity contribution in [2.45, 2.75) is 31.5 Å². The van der Waals surface area contributed by atoms with E-state index < -0.39 is 18.5 Å². The van der Waals surface area contributed by atoms with Crippen LogP contribution in [0.15, 0.2) is 0 Å². The van der Waals surface area contributed by atoms with Gasteiger partial charge in [0.2, 0.25) is 5.91 Å². The van der Waals surface area contributed by atoms with Gasteiger partial charge in [-0.15, -0.1) is 0 Å². The molecule has 6 heteroatoms. The predicted molar refractivity (Wildman–Crippen MR) is 44.5 cm³/mol. The summed E-state index contributed by atoms with van der Waals surface area (Å²) < 4.78 is 35.6. The van der Waals surface area contributed by atoms with E-state index in [0.29, 0.717) is 13.0 Å². The van der Waals surface area contributed by atoms with Crippen molar-refractivity contribution >= 4 is 5.91 Å². The molecule has 0 aromatic carbocycles. The highest BCUT2D eigenvalue weighted by Gasteiger charge is 2.34. The van der Waals surface area contributed by atoms with Crippen LogP contribution in [0, 0.1) is 0 Å². The molecule has 1 amide bonds. The molecule has 0 radical (unpaired) electrons. The first-order valence-electron chi connectivity index (χ1n) is 4.48. The maximum Gasteiger partial charge on any atom is 0.397 e. The van der Waals surface area contributed by atoms with Gasteiger partial charge >= 0.3 is 6.18 Å². The van der Waals surface area contributed by atoms with Crippen LogP contribution in [0.4, 0.5) is 13.2 Å². The van der Waals surface area contributed by atoms with E-state index in [1.807, 2.05) is 0 Å². The van der Waals surface area contributed by atoms with Crippen LogP contribution >= 0.6 is 0 Å². The van der Waals surface area contributed by atoms with E-state index in [9.17, 15) is 18.0 Å². The number of hydrogen-bond donors (Lipinski definition) is 1. The SMILES string of the molecule is N[C@@H]1CCCN(C(=O)CC(F)(F)F)C1. The van der Waals surface area contributed by atoms with Crippen LogP contribution in [-0.2, 0) is 4.79 Å². The lowest BCUT2D eigenvalue weighted by molar-refractivity contribution is -0.162. The molecule has 1 aliphatic rings. The van der Waals surface area contributed by atoms with Crippen LogP contribution in [0.2, 0.25) is 0 Å². The quantitative estimate of drug-likeness (QED) is 0.698. The molecule has 1 aliphatic heterocycles. The monoisotopic (exact) mass is 210 g/mol. The lowest BCUT2D eigenvalue weighted by Gasteiger charge is -2.31. The Bertz CT molecular complexity index is 217. The number of rotatable bonds is 1. The second-order valence-corrected chi connectivity index (χ2v) is 3.53. The summed E-state index contributed by atoms with van der Waals surface area (Å²) in [4.78, 5) is 12.3. The zero-order valence-electron chi connectivity index (χ0n) is 7.68. The Labute approximate surface area is 80.0 Å². The van der Waals surface area contributed by atoms with Crippen molar-refractivity contribution in [3.8, 4) is 0 Å². The number of amides is 1. The van der Waals surface area contributed by atoms with E-state index in [4.69, 9.17) is 5.73 Å². The van der Waals surface area contributed by atoms with Gasteiger partial charge in [-0.05, 0) is 12.8 Å². The fraction of sp³-hybridized carbons (Fsp3) is 0.875. The minimum atomic E-state index is -4.42. The predicted octanol–water partition coefficient (Wildman–Crippen LogP) is 0.889. The first kappa shape index (κ1) is 11.3. The number of carbonyl (C=O) groups is 1. The van der Waals surface area contributed by atoms with Crippen molar-refractivity contribution < 1.29 is 18.0 Å². The molecule has 0 spiro atoms. The van der Waals surface area contributed by atoms with Gasteiger partial charge in [0.05, 0.1) is 0 Å². The average Bonchev–Trinajstić information content (AvgIpc) is 2.01. The molecule has 0 unspecified atom stereocenters. The van der Waals surface area contributed by atoms with Gasteiger partial charge in [-0.2, -0.15) is 13.2 Å². The molecule has 1 rings (SSSR count). The van der Waals surface area contributed by atoms with Gasteiger partial charge in [0.15, 0.2) is 0 Å². The Morgan fingerprint density at radius 3 is 2.64 bits per heavy atom. The third kappa shape index (κ3) is 3.53. The summed E-state index contributed by atoms with van der Waals surface area (Å²) in [6.45, 7) is 0.636. The Morgan fingerprint density at radius 2 is 2.14 bits per heavy atom. The molecule has 1 atom stereocenters. The molecule has 0 aromatic rings. The van der Waals surface area contributed by atoms with Crippen LogP contribution in [0.1, 0.15) is 19.3 Å². The lowest BCUT2D eigenvalue weighted by atomic mass is 10.1. The largest absolute Gasteiger partial charge is 0.397 e. The summed E-state index contributed by atoms with van der Waals surface area (Å²) in [7, 11) is 0. The van der Waals surface area contributed by atoms with Crippen molar-refractivity contribution in [2.75, 3.05) is 13.1 Å². The molecular weight excluding hydrogens is 197 g/mol. The zero-order chi connectivity index (χ0) is 10.8. The average molecular weight is 210 g/mol. The fourth-order valence-corrected chi connectivity index (χ4v) is 1.52. The van der Waals surface area contributed by atoms with E-state index in [2.05, 4.69) is 0 Å². The van der Waals surface area contributed by atoms with E-state index in [-0.39, 0.29) is 12.6 Å². The molecule has 82 valence electrons. The standard InChI is InChI=1S/C8H13F3N2O/c9-8(10,11)4-7(14)13-3-1-2-6(12)5-13/h6H,1-5,12H2/t6-/m1/s1. The van der Waals surface area contributed by atoms with E-state index >= 15 is 0 Å². The maximum absolute atomic E-state index is 11.9. The van der Waals surface area contributed by atoms with E-state index in [1.165, 1.54) is 4.90 Å². The van der Waals surface area contributed by atoms with Crippen molar-refractivity contribution in [3.63, 3.8) is 0 Å². The first-order valence-corrected chi connectivity index (χ1v) is 4.48. The van der Waals surface area contributed by atoms with E-state index in [1.54, 1.807) is 0 Å². The summed E-state index contributed by atoms with van der Waals surface area (Å²) in [6, 6.07) is -0.180. The summed E-state index contributed by atoms with van der Waals surface area (Å²) >= 11 is 0. The molecule has 0 aliphatic carbocycles. The minimum Gasteiger partial charge on any atom is -0.341 e. The molecule has 1 fully saturated rings. The number of halogens is 3. The third-order valence-corrected chi connectivity index (χ3v) is 2.16. The normalized spacial score (nSPS) is 23.7. The zero-order valence-corrected chi connectivity index (χ0v) is 7.68. The van der Waals surface area contributed by atoms with Gasteiger partial charge in [0, 0.05) is 19.1 Å². The third-order valence-electron chi connectivity index (χ3n) is 2.16. The van der Waals surface area contributed by atoms with Crippen molar-refractivity contribution in [1.29, 1.82) is 0 Å². The molecule has 2 N–H and O–H groups in total. The summed E-state index contributed by atoms with van der Waals surface area (Å²) in [5.41, 5.74) is 5.55. The van der Waals surface area contributed by atoms with Gasteiger partial charge in [-0.25, -0.2) is 0 Å². The second-order valence-electron chi connectivity index (χ2n) is 3.53.